The van der Waals surface area contributed by atoms with Gasteiger partial charge in [-0.3, -0.25) is 9.48 Å². The van der Waals surface area contributed by atoms with Gasteiger partial charge in [0.2, 0.25) is 0 Å². The van der Waals surface area contributed by atoms with Crippen molar-refractivity contribution in [3.8, 4) is 16.9 Å². The molecule has 4 aromatic rings. The molecule has 0 spiro atoms. The third kappa shape index (κ3) is 5.19. The molecule has 0 saturated carbocycles. The predicted octanol–water partition coefficient (Wildman–Crippen LogP) is 7.32. The zero-order valence-corrected chi connectivity index (χ0v) is 23.9. The highest BCUT2D eigenvalue weighted by Gasteiger charge is 2.34. The number of carbonyl (C=O) groups excluding carboxylic acids is 1. The van der Waals surface area contributed by atoms with Crippen molar-refractivity contribution in [2.45, 2.75) is 51.6 Å². The lowest BCUT2D eigenvalue weighted by atomic mass is 9.98. The van der Waals surface area contributed by atoms with Crippen molar-refractivity contribution in [3.05, 3.63) is 80.6 Å². The highest BCUT2D eigenvalue weighted by Crippen LogP contribution is 2.36. The second kappa shape index (κ2) is 10.2. The summed E-state index contributed by atoms with van der Waals surface area (Å²) >= 11 is 16.4. The Morgan fingerprint density at radius 1 is 1.05 bits per heavy atom. The number of nitrogens with zero attached hydrogens (tertiary/aromatic N) is 6. The summed E-state index contributed by atoms with van der Waals surface area (Å²) in [5.41, 5.74) is 3.00. The summed E-state index contributed by atoms with van der Waals surface area (Å²) in [7, 11) is 0. The van der Waals surface area contributed by atoms with Crippen LogP contribution in [0.1, 0.15) is 62.1 Å². The number of piperidine rings is 1. The Balaban J connectivity index is 1.53. The topological polar surface area (TPSA) is 68.8 Å². The van der Waals surface area contributed by atoms with Crippen molar-refractivity contribution in [2.75, 3.05) is 6.54 Å². The lowest BCUT2D eigenvalue weighted by molar-refractivity contribution is 0.0606. The second-order valence-corrected chi connectivity index (χ2v) is 11.9. The van der Waals surface area contributed by atoms with E-state index in [-0.39, 0.29) is 17.5 Å². The van der Waals surface area contributed by atoms with Gasteiger partial charge in [-0.2, -0.15) is 5.10 Å². The summed E-state index contributed by atoms with van der Waals surface area (Å²) < 4.78 is 4.38. The molecular formula is C27H27BrCl2N6O. The fraction of sp³-hybridized carbons (Fsp3) is 0.333. The summed E-state index contributed by atoms with van der Waals surface area (Å²) in [5.74, 6) is -0.0913. The second-order valence-electron chi connectivity index (χ2n) is 10.2. The summed E-state index contributed by atoms with van der Waals surface area (Å²) in [5, 5.41) is 14.7. The minimum atomic E-state index is -0.303. The maximum absolute atomic E-state index is 14.1. The Morgan fingerprint density at radius 3 is 2.57 bits per heavy atom. The number of carbonyl (C=O) groups is 1. The smallest absolute Gasteiger partial charge is 0.258 e. The van der Waals surface area contributed by atoms with E-state index >= 15 is 0 Å². The van der Waals surface area contributed by atoms with E-state index in [1.165, 1.54) is 0 Å². The Kier molecular flexibility index (Phi) is 7.18. The van der Waals surface area contributed by atoms with Crippen molar-refractivity contribution >= 4 is 45.0 Å². The average molecular weight is 602 g/mol. The molecule has 192 valence electrons. The van der Waals surface area contributed by atoms with E-state index in [1.807, 2.05) is 64.4 Å². The first-order chi connectivity index (χ1) is 17.6. The normalized spacial score (nSPS) is 16.3. The number of aromatic nitrogens is 5. The van der Waals surface area contributed by atoms with E-state index in [1.54, 1.807) is 4.68 Å². The maximum atomic E-state index is 14.1. The van der Waals surface area contributed by atoms with Crippen molar-refractivity contribution in [2.24, 2.45) is 0 Å². The van der Waals surface area contributed by atoms with E-state index in [0.717, 1.165) is 40.7 Å². The number of halogens is 3. The highest BCUT2D eigenvalue weighted by atomic mass is 79.9. The van der Waals surface area contributed by atoms with Crippen molar-refractivity contribution < 1.29 is 4.79 Å². The van der Waals surface area contributed by atoms with E-state index in [0.29, 0.717) is 27.8 Å². The molecule has 0 radical (unpaired) electrons. The van der Waals surface area contributed by atoms with Gasteiger partial charge in [-0.1, -0.05) is 62.5 Å². The van der Waals surface area contributed by atoms with Crippen molar-refractivity contribution in [1.82, 2.24) is 29.7 Å². The monoisotopic (exact) mass is 600 g/mol. The Hall–Kier alpha value is -2.68. The minimum Gasteiger partial charge on any atom is -0.330 e. The predicted molar refractivity (Wildman–Crippen MR) is 149 cm³/mol. The maximum Gasteiger partial charge on any atom is 0.258 e. The summed E-state index contributed by atoms with van der Waals surface area (Å²) in [6.45, 7) is 6.79. The average Bonchev–Trinajstić information content (AvgIpc) is 3.52. The molecule has 0 aliphatic carbocycles. The molecule has 37 heavy (non-hydrogen) atoms. The molecule has 2 aromatic carbocycles. The summed E-state index contributed by atoms with van der Waals surface area (Å²) in [6, 6.07) is 12.9. The molecule has 1 saturated heterocycles. The molecule has 2 aromatic heterocycles. The molecule has 1 unspecified atom stereocenters. The van der Waals surface area contributed by atoms with Gasteiger partial charge in [0.1, 0.15) is 11.4 Å². The van der Waals surface area contributed by atoms with Gasteiger partial charge in [-0.25, -0.2) is 4.68 Å². The molecule has 1 aliphatic rings. The van der Waals surface area contributed by atoms with Crippen LogP contribution in [0.2, 0.25) is 10.0 Å². The number of hydrogen-bond donors (Lipinski definition) is 0. The van der Waals surface area contributed by atoms with Crippen LogP contribution in [-0.4, -0.2) is 42.1 Å². The van der Waals surface area contributed by atoms with Crippen LogP contribution in [0.5, 0.6) is 0 Å². The van der Waals surface area contributed by atoms with Crippen molar-refractivity contribution in [3.63, 3.8) is 0 Å². The molecule has 0 N–H and O–H groups in total. The molecule has 10 heteroatoms. The number of amides is 1. The molecule has 5 rings (SSSR count). The van der Waals surface area contributed by atoms with Gasteiger partial charge in [-0.05, 0) is 64.3 Å². The quantitative estimate of drug-likeness (QED) is 0.246. The SMILES string of the molecule is CC(C)(C)n1cc(C(=O)N2CCCCC2c2cn(-c3ccc(Br)cc3Cl)nn2)c(-c2ccccc2Cl)n1. The third-order valence-corrected chi connectivity index (χ3v) is 7.66. The van der Waals surface area contributed by atoms with Gasteiger partial charge in [0.25, 0.3) is 5.91 Å². The van der Waals surface area contributed by atoms with Gasteiger partial charge < -0.3 is 4.90 Å². The fourth-order valence-corrected chi connectivity index (χ4v) is 5.56. The van der Waals surface area contributed by atoms with Gasteiger partial charge in [0.05, 0.1) is 39.1 Å². The van der Waals surface area contributed by atoms with Crippen LogP contribution in [0.4, 0.5) is 0 Å². The van der Waals surface area contributed by atoms with Crippen LogP contribution in [0.3, 0.4) is 0 Å². The van der Waals surface area contributed by atoms with Crippen LogP contribution in [0.25, 0.3) is 16.9 Å². The lowest BCUT2D eigenvalue weighted by Gasteiger charge is -2.34. The van der Waals surface area contributed by atoms with Crippen LogP contribution >= 0.6 is 39.1 Å². The lowest BCUT2D eigenvalue weighted by Crippen LogP contribution is -2.38. The summed E-state index contributed by atoms with van der Waals surface area (Å²) in [6.07, 6.45) is 6.42. The standard InChI is InChI=1S/C27H27BrCl2N6O/c1-27(2,3)36-15-19(25(32-36)18-8-4-5-9-20(18)29)26(37)34-13-7-6-10-24(34)22-16-35(33-31-22)23-12-11-17(28)14-21(23)30/h4-5,8-9,11-12,14-16,24H,6-7,10,13H2,1-3H3. The number of rotatable bonds is 4. The van der Waals surface area contributed by atoms with Gasteiger partial charge in [-0.15, -0.1) is 5.10 Å². The van der Waals surface area contributed by atoms with Crippen molar-refractivity contribution in [1.29, 1.82) is 0 Å². The van der Waals surface area contributed by atoms with Crippen LogP contribution in [0.15, 0.2) is 59.3 Å². The van der Waals surface area contributed by atoms with E-state index in [2.05, 4.69) is 47.0 Å². The molecule has 7 nitrogen and oxygen atoms in total. The molecule has 1 fully saturated rings. The number of benzene rings is 2. The Labute approximate surface area is 234 Å². The largest absolute Gasteiger partial charge is 0.330 e. The first-order valence-electron chi connectivity index (χ1n) is 12.2. The van der Waals surface area contributed by atoms with E-state index in [4.69, 9.17) is 28.3 Å². The Morgan fingerprint density at radius 2 is 1.84 bits per heavy atom. The zero-order valence-electron chi connectivity index (χ0n) is 20.8. The minimum absolute atomic E-state index is 0.0913. The molecule has 1 amide bonds. The van der Waals surface area contributed by atoms with Crippen LogP contribution < -0.4 is 0 Å². The highest BCUT2D eigenvalue weighted by molar-refractivity contribution is 9.10. The molecule has 3 heterocycles. The van der Waals surface area contributed by atoms with E-state index < -0.39 is 0 Å². The van der Waals surface area contributed by atoms with Gasteiger partial charge >= 0.3 is 0 Å². The Bertz CT molecular complexity index is 1460. The van der Waals surface area contributed by atoms with E-state index in [9.17, 15) is 4.79 Å². The van der Waals surface area contributed by atoms with Gasteiger partial charge in [0.15, 0.2) is 0 Å². The van der Waals surface area contributed by atoms with Gasteiger partial charge in [0, 0.05) is 22.8 Å². The molecule has 1 aliphatic heterocycles. The molecule has 0 bridgehead atoms. The zero-order chi connectivity index (χ0) is 26.3. The molecule has 1 atom stereocenters. The third-order valence-electron chi connectivity index (χ3n) is 6.53. The molecular weight excluding hydrogens is 575 g/mol. The first kappa shape index (κ1) is 25.9. The number of likely N-dealkylation sites (tertiary alicyclic amines) is 1. The summed E-state index contributed by atoms with van der Waals surface area (Å²) in [4.78, 5) is 16.0. The van der Waals surface area contributed by atoms with Crippen LogP contribution in [0, 0.1) is 0 Å². The number of hydrogen-bond acceptors (Lipinski definition) is 4. The first-order valence-corrected chi connectivity index (χ1v) is 13.7. The fourth-order valence-electron chi connectivity index (χ4n) is 4.58. The van der Waals surface area contributed by atoms with Crippen LogP contribution in [-0.2, 0) is 5.54 Å².